The largest absolute Gasteiger partial charge is 0.496 e. The van der Waals surface area contributed by atoms with Crippen molar-refractivity contribution in [2.24, 2.45) is 5.92 Å². The number of ether oxygens (including phenoxy) is 1. The highest BCUT2D eigenvalue weighted by atomic mass is 16.5. The van der Waals surface area contributed by atoms with Crippen LogP contribution in [0.15, 0.2) is 18.2 Å². The van der Waals surface area contributed by atoms with E-state index < -0.39 is 0 Å². The zero-order valence-corrected chi connectivity index (χ0v) is 11.1. The first-order valence-electron chi connectivity index (χ1n) is 6.51. The van der Waals surface area contributed by atoms with E-state index in [4.69, 9.17) is 10.00 Å². The third-order valence-electron chi connectivity index (χ3n) is 3.63. The van der Waals surface area contributed by atoms with Crippen LogP contribution in [0.4, 0.5) is 0 Å². The summed E-state index contributed by atoms with van der Waals surface area (Å²) >= 11 is 0. The van der Waals surface area contributed by atoms with Gasteiger partial charge in [-0.3, -0.25) is 4.90 Å². The fourth-order valence-electron chi connectivity index (χ4n) is 2.46. The molecule has 4 nitrogen and oxygen atoms in total. The minimum Gasteiger partial charge on any atom is -0.496 e. The molecule has 0 atom stereocenters. The van der Waals surface area contributed by atoms with Crippen molar-refractivity contribution in [1.29, 1.82) is 5.26 Å². The molecule has 100 valence electrons. The summed E-state index contributed by atoms with van der Waals surface area (Å²) in [7, 11) is 1.64. The molecule has 1 fully saturated rings. The van der Waals surface area contributed by atoms with Crippen LogP contribution in [0.5, 0.6) is 5.75 Å². The minimum absolute atomic E-state index is 0.212. The van der Waals surface area contributed by atoms with Crippen molar-refractivity contribution >= 4 is 6.29 Å². The molecule has 4 heteroatoms. The number of hydrogen-bond acceptors (Lipinski definition) is 4. The summed E-state index contributed by atoms with van der Waals surface area (Å²) in [5.41, 5.74) is 1.68. The van der Waals surface area contributed by atoms with E-state index >= 15 is 0 Å². The molecule has 0 radical (unpaired) electrons. The van der Waals surface area contributed by atoms with Gasteiger partial charge in [-0.15, -0.1) is 0 Å². The van der Waals surface area contributed by atoms with E-state index in [9.17, 15) is 4.79 Å². The predicted molar refractivity (Wildman–Crippen MR) is 71.8 cm³/mol. The molecule has 1 aromatic carbocycles. The van der Waals surface area contributed by atoms with Gasteiger partial charge in [0.25, 0.3) is 0 Å². The standard InChI is InChI=1S/C15H18N2O2/c1-19-15-3-2-13(9-16)8-14(15)10-17-6-4-12(11-18)5-7-17/h2-3,8,11-12H,4-7,10H2,1H3. The van der Waals surface area contributed by atoms with Crippen molar-refractivity contribution < 1.29 is 9.53 Å². The fourth-order valence-corrected chi connectivity index (χ4v) is 2.46. The lowest BCUT2D eigenvalue weighted by Gasteiger charge is -2.29. The van der Waals surface area contributed by atoms with E-state index in [2.05, 4.69) is 11.0 Å². The normalized spacial score (nSPS) is 16.8. The Bertz CT molecular complexity index is 485. The van der Waals surface area contributed by atoms with Gasteiger partial charge in [-0.1, -0.05) is 0 Å². The Hall–Kier alpha value is -1.86. The van der Waals surface area contributed by atoms with Crippen molar-refractivity contribution in [1.82, 2.24) is 4.90 Å². The van der Waals surface area contributed by atoms with Gasteiger partial charge in [-0.05, 0) is 44.1 Å². The molecule has 0 amide bonds. The second kappa shape index (κ2) is 6.35. The number of methoxy groups -OCH3 is 1. The first-order valence-corrected chi connectivity index (χ1v) is 6.51. The van der Waals surface area contributed by atoms with E-state index in [1.54, 1.807) is 13.2 Å². The van der Waals surface area contributed by atoms with Gasteiger partial charge in [0.2, 0.25) is 0 Å². The Balaban J connectivity index is 2.06. The third-order valence-corrected chi connectivity index (χ3v) is 3.63. The maximum absolute atomic E-state index is 10.7. The molecular formula is C15H18N2O2. The van der Waals surface area contributed by atoms with Crippen LogP contribution in [0.25, 0.3) is 0 Å². The third kappa shape index (κ3) is 3.33. The van der Waals surface area contributed by atoms with Crippen LogP contribution in [0, 0.1) is 17.2 Å². The Kier molecular flexibility index (Phi) is 4.53. The van der Waals surface area contributed by atoms with Crippen molar-refractivity contribution in [2.75, 3.05) is 20.2 Å². The van der Waals surface area contributed by atoms with Gasteiger partial charge in [-0.25, -0.2) is 0 Å². The summed E-state index contributed by atoms with van der Waals surface area (Å²) in [5.74, 6) is 1.03. The average molecular weight is 258 g/mol. The second-order valence-corrected chi connectivity index (χ2v) is 4.89. The van der Waals surface area contributed by atoms with Gasteiger partial charge < -0.3 is 9.53 Å². The van der Waals surface area contributed by atoms with E-state index in [1.165, 1.54) is 0 Å². The molecule has 0 aliphatic carbocycles. The molecule has 0 bridgehead atoms. The number of rotatable bonds is 4. The first-order chi connectivity index (χ1) is 9.26. The number of nitriles is 1. The van der Waals surface area contributed by atoms with E-state index in [-0.39, 0.29) is 5.92 Å². The number of piperidine rings is 1. The summed E-state index contributed by atoms with van der Waals surface area (Å²) in [6.45, 7) is 2.61. The van der Waals surface area contributed by atoms with Crippen LogP contribution in [0.2, 0.25) is 0 Å². The quantitative estimate of drug-likeness (QED) is 0.775. The zero-order valence-electron chi connectivity index (χ0n) is 11.1. The maximum Gasteiger partial charge on any atom is 0.123 e. The average Bonchev–Trinajstić information content (AvgIpc) is 2.48. The summed E-state index contributed by atoms with van der Waals surface area (Å²) in [4.78, 5) is 13.0. The Morgan fingerprint density at radius 1 is 1.47 bits per heavy atom. The van der Waals surface area contributed by atoms with Crippen LogP contribution < -0.4 is 4.74 Å². The Labute approximate surface area is 113 Å². The number of carbonyl (C=O) groups is 1. The van der Waals surface area contributed by atoms with E-state index in [0.29, 0.717) is 5.56 Å². The summed E-state index contributed by atoms with van der Waals surface area (Å²) in [6, 6.07) is 7.64. The maximum atomic E-state index is 10.7. The highest BCUT2D eigenvalue weighted by Crippen LogP contribution is 2.24. The van der Waals surface area contributed by atoms with Crippen LogP contribution in [0.3, 0.4) is 0 Å². The number of hydrogen-bond donors (Lipinski definition) is 0. The van der Waals surface area contributed by atoms with Gasteiger partial charge in [-0.2, -0.15) is 5.26 Å². The van der Waals surface area contributed by atoms with Gasteiger partial charge in [0.1, 0.15) is 12.0 Å². The lowest BCUT2D eigenvalue weighted by atomic mass is 9.98. The number of carbonyl (C=O) groups excluding carboxylic acids is 1. The van der Waals surface area contributed by atoms with Crippen molar-refractivity contribution in [3.05, 3.63) is 29.3 Å². The molecule has 1 saturated heterocycles. The van der Waals surface area contributed by atoms with Crippen LogP contribution in [0.1, 0.15) is 24.0 Å². The minimum atomic E-state index is 0.212. The van der Waals surface area contributed by atoms with Gasteiger partial charge in [0.15, 0.2) is 0 Å². The zero-order chi connectivity index (χ0) is 13.7. The van der Waals surface area contributed by atoms with Gasteiger partial charge >= 0.3 is 0 Å². The lowest BCUT2D eigenvalue weighted by molar-refractivity contribution is -0.112. The molecule has 0 N–H and O–H groups in total. The SMILES string of the molecule is COc1ccc(C#N)cc1CN1CCC(C=O)CC1. The molecule has 1 aliphatic rings. The summed E-state index contributed by atoms with van der Waals surface area (Å²) < 4.78 is 5.34. The van der Waals surface area contributed by atoms with Crippen LogP contribution in [-0.2, 0) is 11.3 Å². The molecule has 0 unspecified atom stereocenters. The Morgan fingerprint density at radius 2 is 2.21 bits per heavy atom. The van der Waals surface area contributed by atoms with Crippen LogP contribution >= 0.6 is 0 Å². The summed E-state index contributed by atoms with van der Waals surface area (Å²) in [6.07, 6.45) is 2.90. The molecule has 1 aliphatic heterocycles. The van der Waals surface area contributed by atoms with Crippen molar-refractivity contribution in [3.8, 4) is 11.8 Å². The molecule has 0 spiro atoms. The molecule has 0 aromatic heterocycles. The molecular weight excluding hydrogens is 240 g/mol. The van der Waals surface area contributed by atoms with E-state index in [0.717, 1.165) is 50.1 Å². The number of benzene rings is 1. The highest BCUT2D eigenvalue weighted by Gasteiger charge is 2.19. The highest BCUT2D eigenvalue weighted by molar-refractivity contribution is 5.53. The van der Waals surface area contributed by atoms with Crippen molar-refractivity contribution in [3.63, 3.8) is 0 Å². The first kappa shape index (κ1) is 13.6. The lowest BCUT2D eigenvalue weighted by Crippen LogP contribution is -2.33. The monoisotopic (exact) mass is 258 g/mol. The second-order valence-electron chi connectivity index (χ2n) is 4.89. The summed E-state index contributed by atoms with van der Waals surface area (Å²) in [5, 5.41) is 8.95. The number of nitrogens with zero attached hydrogens (tertiary/aromatic N) is 2. The molecule has 1 heterocycles. The predicted octanol–water partition coefficient (Wildman–Crippen LogP) is 1.98. The fraction of sp³-hybridized carbons (Fsp3) is 0.467. The van der Waals surface area contributed by atoms with Crippen molar-refractivity contribution in [2.45, 2.75) is 19.4 Å². The smallest absolute Gasteiger partial charge is 0.123 e. The molecule has 19 heavy (non-hydrogen) atoms. The molecule has 1 aromatic rings. The number of likely N-dealkylation sites (tertiary alicyclic amines) is 1. The van der Waals surface area contributed by atoms with E-state index in [1.807, 2.05) is 12.1 Å². The van der Waals surface area contributed by atoms with Gasteiger partial charge in [0, 0.05) is 18.0 Å². The van der Waals surface area contributed by atoms with Gasteiger partial charge in [0.05, 0.1) is 18.7 Å². The Morgan fingerprint density at radius 3 is 2.79 bits per heavy atom. The number of aldehydes is 1. The molecule has 2 rings (SSSR count). The topological polar surface area (TPSA) is 53.3 Å². The van der Waals surface area contributed by atoms with Crippen LogP contribution in [-0.4, -0.2) is 31.4 Å². The molecule has 0 saturated carbocycles.